The Hall–Kier alpha value is -2.70. The summed E-state index contributed by atoms with van der Waals surface area (Å²) in [5.74, 6) is 1.90. The first-order chi connectivity index (χ1) is 11.8. The number of nitrogens with one attached hydrogen (secondary N) is 2. The molecule has 7 heteroatoms. The van der Waals surface area contributed by atoms with Gasteiger partial charge in [0.15, 0.2) is 5.82 Å². The maximum Gasteiger partial charge on any atom is 0.258 e. The lowest BCUT2D eigenvalue weighted by atomic mass is 10.1. The SMILES string of the molecule is Cc1noc(-c2ccnc(NCc3n[nH]c4c3CCCCC4)c2)n1. The number of aromatic amines is 1. The second-order valence-corrected chi connectivity index (χ2v) is 6.12. The highest BCUT2D eigenvalue weighted by molar-refractivity contribution is 5.57. The van der Waals surface area contributed by atoms with Crippen molar-refractivity contribution in [2.45, 2.75) is 45.6 Å². The van der Waals surface area contributed by atoms with Crippen molar-refractivity contribution in [3.8, 4) is 11.5 Å². The zero-order valence-corrected chi connectivity index (χ0v) is 13.7. The van der Waals surface area contributed by atoms with Crippen LogP contribution in [0.4, 0.5) is 5.82 Å². The molecule has 1 aliphatic carbocycles. The molecule has 0 unspecified atom stereocenters. The van der Waals surface area contributed by atoms with Crippen LogP contribution in [-0.2, 0) is 19.4 Å². The zero-order chi connectivity index (χ0) is 16.4. The van der Waals surface area contributed by atoms with Gasteiger partial charge in [-0.3, -0.25) is 5.10 Å². The Kier molecular flexibility index (Phi) is 3.98. The summed E-state index contributed by atoms with van der Waals surface area (Å²) in [5, 5.41) is 14.9. The number of hydrogen-bond donors (Lipinski definition) is 2. The van der Waals surface area contributed by atoms with Gasteiger partial charge in [0.1, 0.15) is 5.82 Å². The Morgan fingerprint density at radius 1 is 1.25 bits per heavy atom. The van der Waals surface area contributed by atoms with Crippen molar-refractivity contribution in [2.75, 3.05) is 5.32 Å². The molecule has 3 heterocycles. The van der Waals surface area contributed by atoms with Crippen LogP contribution in [0, 0.1) is 6.92 Å². The van der Waals surface area contributed by atoms with E-state index in [1.54, 1.807) is 13.1 Å². The van der Waals surface area contributed by atoms with E-state index in [1.807, 2.05) is 12.1 Å². The van der Waals surface area contributed by atoms with E-state index in [0.717, 1.165) is 29.9 Å². The minimum atomic E-state index is 0.506. The summed E-state index contributed by atoms with van der Waals surface area (Å²) in [6.45, 7) is 2.46. The summed E-state index contributed by atoms with van der Waals surface area (Å²) in [6.07, 6.45) is 7.73. The van der Waals surface area contributed by atoms with Crippen LogP contribution in [0.25, 0.3) is 11.5 Å². The molecule has 0 aliphatic heterocycles. The fourth-order valence-electron chi connectivity index (χ4n) is 3.12. The van der Waals surface area contributed by atoms with E-state index in [0.29, 0.717) is 18.3 Å². The highest BCUT2D eigenvalue weighted by Crippen LogP contribution is 2.23. The van der Waals surface area contributed by atoms with Crippen LogP contribution < -0.4 is 5.32 Å². The maximum atomic E-state index is 5.21. The lowest BCUT2D eigenvalue weighted by molar-refractivity contribution is 0.425. The second-order valence-electron chi connectivity index (χ2n) is 6.12. The van der Waals surface area contributed by atoms with Gasteiger partial charge in [-0.2, -0.15) is 10.1 Å². The van der Waals surface area contributed by atoms with E-state index in [1.165, 1.54) is 30.5 Å². The summed E-state index contributed by atoms with van der Waals surface area (Å²) in [5.41, 5.74) is 4.62. The zero-order valence-electron chi connectivity index (χ0n) is 13.7. The van der Waals surface area contributed by atoms with Crippen LogP contribution in [0.3, 0.4) is 0 Å². The molecule has 0 aromatic carbocycles. The molecule has 3 aromatic rings. The quantitative estimate of drug-likeness (QED) is 0.717. The Morgan fingerprint density at radius 3 is 3.04 bits per heavy atom. The van der Waals surface area contributed by atoms with Crippen LogP contribution >= 0.6 is 0 Å². The number of hydrogen-bond acceptors (Lipinski definition) is 6. The fourth-order valence-corrected chi connectivity index (χ4v) is 3.12. The Balaban J connectivity index is 1.49. The van der Waals surface area contributed by atoms with Gasteiger partial charge in [0.05, 0.1) is 12.2 Å². The number of aromatic nitrogens is 5. The van der Waals surface area contributed by atoms with Crippen LogP contribution in [0.15, 0.2) is 22.9 Å². The number of rotatable bonds is 4. The van der Waals surface area contributed by atoms with Crippen LogP contribution in [0.5, 0.6) is 0 Å². The highest BCUT2D eigenvalue weighted by atomic mass is 16.5. The molecule has 0 bridgehead atoms. The minimum absolute atomic E-state index is 0.506. The first kappa shape index (κ1) is 14.9. The van der Waals surface area contributed by atoms with E-state index in [-0.39, 0.29) is 0 Å². The molecule has 2 N–H and O–H groups in total. The number of fused-ring (bicyclic) bond motifs is 1. The maximum absolute atomic E-state index is 5.21. The predicted octanol–water partition coefficient (Wildman–Crippen LogP) is 3.04. The number of H-pyrrole nitrogens is 1. The molecule has 0 saturated heterocycles. The van der Waals surface area contributed by atoms with Crippen molar-refractivity contribution in [1.29, 1.82) is 0 Å². The molecular formula is C17H20N6O. The van der Waals surface area contributed by atoms with E-state index < -0.39 is 0 Å². The predicted molar refractivity (Wildman–Crippen MR) is 89.4 cm³/mol. The molecule has 0 radical (unpaired) electrons. The van der Waals surface area contributed by atoms with Gasteiger partial charge in [-0.15, -0.1) is 0 Å². The van der Waals surface area contributed by atoms with Crippen LogP contribution in [0.2, 0.25) is 0 Å². The van der Waals surface area contributed by atoms with E-state index in [9.17, 15) is 0 Å². The third-order valence-electron chi connectivity index (χ3n) is 4.36. The molecule has 124 valence electrons. The molecule has 0 amide bonds. The Bertz CT molecular complexity index is 837. The summed E-state index contributed by atoms with van der Waals surface area (Å²) < 4.78 is 5.21. The normalized spacial score (nSPS) is 14.2. The molecule has 0 saturated carbocycles. The summed E-state index contributed by atoms with van der Waals surface area (Å²) in [6, 6.07) is 3.77. The van der Waals surface area contributed by atoms with Gasteiger partial charge in [-0.25, -0.2) is 4.98 Å². The van der Waals surface area contributed by atoms with Gasteiger partial charge in [0.25, 0.3) is 5.89 Å². The van der Waals surface area contributed by atoms with Crippen molar-refractivity contribution in [1.82, 2.24) is 25.3 Å². The average Bonchev–Trinajstić information content (AvgIpc) is 3.13. The van der Waals surface area contributed by atoms with E-state index in [4.69, 9.17) is 4.52 Å². The summed E-state index contributed by atoms with van der Waals surface area (Å²) in [7, 11) is 0. The molecule has 24 heavy (non-hydrogen) atoms. The third kappa shape index (κ3) is 3.02. The Morgan fingerprint density at radius 2 is 2.17 bits per heavy atom. The monoisotopic (exact) mass is 324 g/mol. The number of nitrogens with zero attached hydrogens (tertiary/aromatic N) is 4. The van der Waals surface area contributed by atoms with Gasteiger partial charge in [-0.1, -0.05) is 11.6 Å². The van der Waals surface area contributed by atoms with Gasteiger partial charge < -0.3 is 9.84 Å². The molecule has 7 nitrogen and oxygen atoms in total. The molecule has 3 aromatic heterocycles. The molecule has 0 spiro atoms. The van der Waals surface area contributed by atoms with E-state index >= 15 is 0 Å². The smallest absolute Gasteiger partial charge is 0.258 e. The lowest BCUT2D eigenvalue weighted by Crippen LogP contribution is -2.04. The number of aryl methyl sites for hydroxylation is 2. The van der Waals surface area contributed by atoms with E-state index in [2.05, 4.69) is 30.6 Å². The largest absolute Gasteiger partial charge is 0.364 e. The molecule has 0 fully saturated rings. The molecule has 1 aliphatic rings. The molecular weight excluding hydrogens is 304 g/mol. The van der Waals surface area contributed by atoms with Crippen molar-refractivity contribution < 1.29 is 4.52 Å². The highest BCUT2D eigenvalue weighted by Gasteiger charge is 2.15. The first-order valence-electron chi connectivity index (χ1n) is 8.35. The minimum Gasteiger partial charge on any atom is -0.364 e. The second kappa shape index (κ2) is 6.43. The number of anilines is 1. The van der Waals surface area contributed by atoms with Gasteiger partial charge in [0.2, 0.25) is 0 Å². The van der Waals surface area contributed by atoms with Crippen LogP contribution in [0.1, 0.15) is 42.0 Å². The lowest BCUT2D eigenvalue weighted by Gasteiger charge is -2.06. The first-order valence-corrected chi connectivity index (χ1v) is 8.35. The summed E-state index contributed by atoms with van der Waals surface area (Å²) in [4.78, 5) is 8.61. The van der Waals surface area contributed by atoms with Crippen molar-refractivity contribution in [2.24, 2.45) is 0 Å². The summed E-state index contributed by atoms with van der Waals surface area (Å²) >= 11 is 0. The van der Waals surface area contributed by atoms with Gasteiger partial charge in [-0.05, 0) is 50.3 Å². The number of pyridine rings is 1. The fraction of sp³-hybridized carbons (Fsp3) is 0.412. The van der Waals surface area contributed by atoms with Crippen molar-refractivity contribution in [3.05, 3.63) is 41.1 Å². The topological polar surface area (TPSA) is 92.5 Å². The van der Waals surface area contributed by atoms with Crippen molar-refractivity contribution in [3.63, 3.8) is 0 Å². The van der Waals surface area contributed by atoms with Gasteiger partial charge in [0, 0.05) is 17.5 Å². The van der Waals surface area contributed by atoms with Crippen LogP contribution in [-0.4, -0.2) is 25.3 Å². The molecule has 4 rings (SSSR count). The third-order valence-corrected chi connectivity index (χ3v) is 4.36. The molecule has 0 atom stereocenters. The van der Waals surface area contributed by atoms with Crippen molar-refractivity contribution >= 4 is 5.82 Å². The van der Waals surface area contributed by atoms with Gasteiger partial charge >= 0.3 is 0 Å². The Labute approximate surface area is 139 Å². The standard InChI is InChI=1S/C17H20N6O/c1-11-20-17(24-23-11)12-7-8-18-16(9-12)19-10-15-13-5-3-2-4-6-14(13)21-22-15/h7-9H,2-6,10H2,1H3,(H,18,19)(H,21,22). The average molecular weight is 324 g/mol.